The number of fused-ring (bicyclic) bond motifs is 2. The van der Waals surface area contributed by atoms with Crippen LogP contribution >= 0.6 is 0 Å². The summed E-state index contributed by atoms with van der Waals surface area (Å²) in [6, 6.07) is 17.6. The number of sulfonamides is 1. The van der Waals surface area contributed by atoms with Crippen LogP contribution in [-0.4, -0.2) is 25.2 Å². The Morgan fingerprint density at radius 1 is 0.781 bits per heavy atom. The van der Waals surface area contributed by atoms with Gasteiger partial charge in [-0.2, -0.15) is 0 Å². The summed E-state index contributed by atoms with van der Waals surface area (Å²) >= 11 is 0. The van der Waals surface area contributed by atoms with E-state index in [9.17, 15) is 8.42 Å². The van der Waals surface area contributed by atoms with Gasteiger partial charge in [-0.25, -0.2) is 18.4 Å². The Morgan fingerprint density at radius 3 is 2.31 bits per heavy atom. The van der Waals surface area contributed by atoms with Crippen molar-refractivity contribution < 1.29 is 17.9 Å². The highest BCUT2D eigenvalue weighted by molar-refractivity contribution is 7.92. The monoisotopic (exact) mass is 448 g/mol. The molecule has 0 atom stereocenters. The molecule has 9 heteroatoms. The largest absolute Gasteiger partial charge is 0.454 e. The van der Waals surface area contributed by atoms with Crippen LogP contribution in [0.2, 0.25) is 0 Å². The highest BCUT2D eigenvalue weighted by Crippen LogP contribution is 2.36. The van der Waals surface area contributed by atoms with Gasteiger partial charge in [-0.3, -0.25) is 4.72 Å². The van der Waals surface area contributed by atoms with Crippen LogP contribution in [0.5, 0.6) is 11.5 Å². The summed E-state index contributed by atoms with van der Waals surface area (Å²) < 4.78 is 39.4. The molecule has 162 valence electrons. The van der Waals surface area contributed by atoms with Gasteiger partial charge in [-0.15, -0.1) is 0 Å². The molecule has 3 aromatic carbocycles. The van der Waals surface area contributed by atoms with Crippen molar-refractivity contribution >= 4 is 38.4 Å². The fourth-order valence-electron chi connectivity index (χ4n) is 3.34. The maximum absolute atomic E-state index is 13.0. The van der Waals surface area contributed by atoms with E-state index >= 15 is 0 Å². The first-order chi connectivity index (χ1) is 15.4. The van der Waals surface area contributed by atoms with E-state index in [4.69, 9.17) is 9.47 Å². The molecule has 0 fully saturated rings. The molecule has 0 saturated heterocycles. The third-order valence-corrected chi connectivity index (χ3v) is 6.37. The number of aryl methyl sites for hydroxylation is 2. The molecular formula is C23H20N4O4S. The average molecular weight is 449 g/mol. The summed E-state index contributed by atoms with van der Waals surface area (Å²) in [6.07, 6.45) is 0. The van der Waals surface area contributed by atoms with Gasteiger partial charge in [-0.1, -0.05) is 23.8 Å². The Kier molecular flexibility index (Phi) is 4.82. The van der Waals surface area contributed by atoms with Crippen molar-refractivity contribution in [3.63, 3.8) is 0 Å². The second-order valence-corrected chi connectivity index (χ2v) is 9.21. The van der Waals surface area contributed by atoms with Crippen LogP contribution in [0, 0.1) is 13.8 Å². The summed E-state index contributed by atoms with van der Waals surface area (Å²) in [5, 5.41) is 3.16. The maximum Gasteiger partial charge on any atom is 0.263 e. The molecule has 0 aliphatic carbocycles. The number of anilines is 3. The number of hydrogen-bond donors (Lipinski definition) is 2. The van der Waals surface area contributed by atoms with Crippen molar-refractivity contribution in [2.24, 2.45) is 0 Å². The van der Waals surface area contributed by atoms with Crippen LogP contribution in [0.1, 0.15) is 11.1 Å². The number of nitrogens with one attached hydrogen (secondary N) is 2. The molecule has 32 heavy (non-hydrogen) atoms. The third kappa shape index (κ3) is 3.90. The summed E-state index contributed by atoms with van der Waals surface area (Å²) in [4.78, 5) is 9.33. The molecule has 4 aromatic rings. The SMILES string of the molecule is Cc1ccc(S(=O)(=O)Nc2nc3ccc(C)cc3nc2Nc2ccc3c(c2)OCO3)cc1. The van der Waals surface area contributed by atoms with Gasteiger partial charge in [0.2, 0.25) is 6.79 Å². The molecule has 0 spiro atoms. The summed E-state index contributed by atoms with van der Waals surface area (Å²) in [5.74, 6) is 1.62. The molecular weight excluding hydrogens is 428 g/mol. The standard InChI is InChI=1S/C23H20N4O4S/c1-14-3-7-17(8-4-14)32(28,29)27-23-22(26-19-11-15(2)5-9-18(19)25-23)24-16-6-10-20-21(12-16)31-13-30-20/h3-12H,13H2,1-2H3,(H,24,26)(H,25,27). The predicted octanol–water partition coefficient (Wildman–Crippen LogP) is 4.52. The summed E-state index contributed by atoms with van der Waals surface area (Å²) in [7, 11) is -3.87. The first-order valence-corrected chi connectivity index (χ1v) is 11.4. The van der Waals surface area contributed by atoms with Gasteiger partial charge in [-0.05, 0) is 55.8 Å². The number of aromatic nitrogens is 2. The quantitative estimate of drug-likeness (QED) is 0.463. The van der Waals surface area contributed by atoms with Crippen molar-refractivity contribution in [3.05, 3.63) is 71.8 Å². The van der Waals surface area contributed by atoms with E-state index in [1.165, 1.54) is 0 Å². The normalized spacial score (nSPS) is 12.7. The Balaban J connectivity index is 1.57. The fourth-order valence-corrected chi connectivity index (χ4v) is 4.35. The highest BCUT2D eigenvalue weighted by atomic mass is 32.2. The lowest BCUT2D eigenvalue weighted by molar-refractivity contribution is 0.174. The van der Waals surface area contributed by atoms with Gasteiger partial charge in [0.1, 0.15) is 0 Å². The van der Waals surface area contributed by atoms with Crippen LogP contribution < -0.4 is 19.5 Å². The van der Waals surface area contributed by atoms with Crippen LogP contribution in [-0.2, 0) is 10.0 Å². The van der Waals surface area contributed by atoms with Gasteiger partial charge in [0.25, 0.3) is 10.0 Å². The molecule has 0 saturated carbocycles. The van der Waals surface area contributed by atoms with Crippen molar-refractivity contribution in [3.8, 4) is 11.5 Å². The molecule has 8 nitrogen and oxygen atoms in total. The van der Waals surface area contributed by atoms with E-state index in [0.29, 0.717) is 28.2 Å². The number of nitrogens with zero attached hydrogens (tertiary/aromatic N) is 2. The van der Waals surface area contributed by atoms with Gasteiger partial charge in [0.15, 0.2) is 23.1 Å². The van der Waals surface area contributed by atoms with Gasteiger partial charge < -0.3 is 14.8 Å². The minimum Gasteiger partial charge on any atom is -0.454 e. The van der Waals surface area contributed by atoms with Crippen molar-refractivity contribution in [2.75, 3.05) is 16.8 Å². The highest BCUT2D eigenvalue weighted by Gasteiger charge is 2.20. The maximum atomic E-state index is 13.0. The number of hydrogen-bond acceptors (Lipinski definition) is 7. The Hall–Kier alpha value is -3.85. The Morgan fingerprint density at radius 2 is 1.50 bits per heavy atom. The van der Waals surface area contributed by atoms with Crippen LogP contribution in [0.15, 0.2) is 65.6 Å². The summed E-state index contributed by atoms with van der Waals surface area (Å²) in [5.41, 5.74) is 3.87. The predicted molar refractivity (Wildman–Crippen MR) is 122 cm³/mol. The fraction of sp³-hybridized carbons (Fsp3) is 0.130. The molecule has 0 unspecified atom stereocenters. The lowest BCUT2D eigenvalue weighted by Crippen LogP contribution is -2.16. The van der Waals surface area contributed by atoms with E-state index < -0.39 is 10.0 Å². The number of benzene rings is 3. The van der Waals surface area contributed by atoms with E-state index in [0.717, 1.165) is 11.1 Å². The van der Waals surface area contributed by atoms with Gasteiger partial charge in [0.05, 0.1) is 15.9 Å². The lowest BCUT2D eigenvalue weighted by atomic mass is 10.2. The minimum absolute atomic E-state index is 0.0968. The third-order valence-electron chi connectivity index (χ3n) is 5.02. The molecule has 1 aromatic heterocycles. The van der Waals surface area contributed by atoms with E-state index in [1.54, 1.807) is 42.5 Å². The molecule has 2 heterocycles. The molecule has 5 rings (SSSR count). The van der Waals surface area contributed by atoms with Crippen LogP contribution in [0.4, 0.5) is 17.3 Å². The second kappa shape index (κ2) is 7.69. The summed E-state index contributed by atoms with van der Waals surface area (Å²) in [6.45, 7) is 4.02. The number of rotatable bonds is 5. The average Bonchev–Trinajstić information content (AvgIpc) is 3.22. The topological polar surface area (TPSA) is 102 Å². The van der Waals surface area contributed by atoms with E-state index in [1.807, 2.05) is 32.0 Å². The second-order valence-electron chi connectivity index (χ2n) is 7.52. The molecule has 1 aliphatic rings. The van der Waals surface area contributed by atoms with Crippen molar-refractivity contribution in [1.29, 1.82) is 0 Å². The Labute approximate surface area is 185 Å². The van der Waals surface area contributed by atoms with Crippen LogP contribution in [0.25, 0.3) is 11.0 Å². The number of ether oxygens (including phenoxy) is 2. The minimum atomic E-state index is -3.87. The zero-order valence-electron chi connectivity index (χ0n) is 17.4. The first kappa shape index (κ1) is 20.1. The molecule has 2 N–H and O–H groups in total. The van der Waals surface area contributed by atoms with E-state index in [-0.39, 0.29) is 23.3 Å². The zero-order chi connectivity index (χ0) is 22.3. The molecule has 1 aliphatic heterocycles. The van der Waals surface area contributed by atoms with Gasteiger partial charge >= 0.3 is 0 Å². The van der Waals surface area contributed by atoms with Crippen LogP contribution in [0.3, 0.4) is 0 Å². The molecule has 0 radical (unpaired) electrons. The van der Waals surface area contributed by atoms with E-state index in [2.05, 4.69) is 20.0 Å². The van der Waals surface area contributed by atoms with Crippen molar-refractivity contribution in [1.82, 2.24) is 9.97 Å². The molecule has 0 bridgehead atoms. The lowest BCUT2D eigenvalue weighted by Gasteiger charge is -2.14. The molecule has 0 amide bonds. The van der Waals surface area contributed by atoms with Crippen molar-refractivity contribution in [2.45, 2.75) is 18.7 Å². The van der Waals surface area contributed by atoms with Gasteiger partial charge in [0, 0.05) is 11.8 Å². The zero-order valence-corrected chi connectivity index (χ0v) is 18.2. The smallest absolute Gasteiger partial charge is 0.263 e. The Bertz CT molecular complexity index is 1440. The first-order valence-electron chi connectivity index (χ1n) is 9.92.